The maximum atomic E-state index is 12.7. The Morgan fingerprint density at radius 2 is 2.00 bits per heavy atom. The maximum Gasteiger partial charge on any atom is 0.264 e. The third-order valence-electron chi connectivity index (χ3n) is 2.02. The lowest BCUT2D eigenvalue weighted by molar-refractivity contribution is 0.153. The van der Waals surface area contributed by atoms with E-state index in [4.69, 9.17) is 0 Å². The number of hydrogen-bond donors (Lipinski definition) is 0. The van der Waals surface area contributed by atoms with E-state index in [1.807, 2.05) is 13.0 Å². The minimum atomic E-state index is -2.40. The normalized spacial score (nSPS) is 11.5. The van der Waals surface area contributed by atoms with Crippen molar-refractivity contribution >= 4 is 37.4 Å². The van der Waals surface area contributed by atoms with E-state index in [1.54, 1.807) is 12.1 Å². The van der Waals surface area contributed by atoms with E-state index < -0.39 is 6.43 Å². The molecule has 0 saturated heterocycles. The summed E-state index contributed by atoms with van der Waals surface area (Å²) in [5.74, 6) is 0. The van der Waals surface area contributed by atoms with Crippen molar-refractivity contribution in [1.29, 1.82) is 0 Å². The summed E-state index contributed by atoms with van der Waals surface area (Å²) in [6.45, 7) is 1.83. The molecule has 1 heterocycles. The van der Waals surface area contributed by atoms with Gasteiger partial charge >= 0.3 is 0 Å². The van der Waals surface area contributed by atoms with E-state index in [-0.39, 0.29) is 5.56 Å². The van der Waals surface area contributed by atoms with E-state index in [9.17, 15) is 8.78 Å². The third kappa shape index (κ3) is 1.68. The summed E-state index contributed by atoms with van der Waals surface area (Å²) in [5, 5.41) is 0.655. The molecular formula is C10H7BrF2S. The van der Waals surface area contributed by atoms with Gasteiger partial charge in [-0.15, -0.1) is 11.3 Å². The molecule has 0 fully saturated rings. The molecular weight excluding hydrogens is 270 g/mol. The number of rotatable bonds is 1. The standard InChI is InChI=1S/C10H7BrF2S/c1-5-2-7(10(12)13)6-4-9(11)14-8(6)3-5/h2-4,10H,1H3. The summed E-state index contributed by atoms with van der Waals surface area (Å²) >= 11 is 4.79. The van der Waals surface area contributed by atoms with Crippen molar-refractivity contribution in [1.82, 2.24) is 0 Å². The van der Waals surface area contributed by atoms with Gasteiger partial charge in [0.1, 0.15) is 0 Å². The second-order valence-corrected chi connectivity index (χ2v) is 5.58. The molecule has 0 N–H and O–H groups in total. The fourth-order valence-electron chi connectivity index (χ4n) is 1.46. The molecule has 0 spiro atoms. The smallest absolute Gasteiger partial charge is 0.205 e. The average Bonchev–Trinajstić information content (AvgIpc) is 2.42. The molecule has 0 aliphatic heterocycles. The number of halogens is 3. The summed E-state index contributed by atoms with van der Waals surface area (Å²) in [7, 11) is 0. The second-order valence-electron chi connectivity index (χ2n) is 3.12. The van der Waals surface area contributed by atoms with Crippen LogP contribution >= 0.6 is 27.3 Å². The summed E-state index contributed by atoms with van der Waals surface area (Å²) in [5.41, 5.74) is 1.00. The lowest BCUT2D eigenvalue weighted by atomic mass is 10.1. The Morgan fingerprint density at radius 3 is 2.64 bits per heavy atom. The zero-order valence-corrected chi connectivity index (χ0v) is 9.75. The molecule has 0 unspecified atom stereocenters. The summed E-state index contributed by atoms with van der Waals surface area (Å²) in [6.07, 6.45) is -2.40. The minimum Gasteiger partial charge on any atom is -0.205 e. The van der Waals surface area contributed by atoms with Gasteiger partial charge in [0, 0.05) is 15.6 Å². The van der Waals surface area contributed by atoms with Crippen LogP contribution < -0.4 is 0 Å². The summed E-state index contributed by atoms with van der Waals surface area (Å²) in [6, 6.07) is 5.23. The molecule has 0 aliphatic rings. The van der Waals surface area contributed by atoms with Gasteiger partial charge in [-0.3, -0.25) is 0 Å². The van der Waals surface area contributed by atoms with Crippen LogP contribution in [0, 0.1) is 6.92 Å². The Bertz CT molecular complexity index is 476. The van der Waals surface area contributed by atoms with E-state index in [0.717, 1.165) is 14.0 Å². The van der Waals surface area contributed by atoms with Gasteiger partial charge in [0.2, 0.25) is 0 Å². The maximum absolute atomic E-state index is 12.7. The molecule has 0 amide bonds. The molecule has 4 heteroatoms. The van der Waals surface area contributed by atoms with E-state index >= 15 is 0 Å². The molecule has 0 nitrogen and oxygen atoms in total. The van der Waals surface area contributed by atoms with Gasteiger partial charge in [0.05, 0.1) is 3.79 Å². The first-order valence-electron chi connectivity index (χ1n) is 4.05. The highest BCUT2D eigenvalue weighted by Crippen LogP contribution is 2.36. The molecule has 74 valence electrons. The second kappa shape index (κ2) is 3.59. The van der Waals surface area contributed by atoms with Crippen LogP contribution in [0.1, 0.15) is 17.6 Å². The Balaban J connectivity index is 2.79. The Labute approximate surface area is 92.7 Å². The van der Waals surface area contributed by atoms with Crippen molar-refractivity contribution in [2.24, 2.45) is 0 Å². The van der Waals surface area contributed by atoms with Crippen LogP contribution in [-0.2, 0) is 0 Å². The van der Waals surface area contributed by atoms with Gasteiger partial charge in [0.25, 0.3) is 6.43 Å². The summed E-state index contributed by atoms with van der Waals surface area (Å²) in [4.78, 5) is 0. The molecule has 0 atom stereocenters. The van der Waals surface area contributed by atoms with E-state index in [1.165, 1.54) is 11.3 Å². The largest absolute Gasteiger partial charge is 0.264 e. The SMILES string of the molecule is Cc1cc(C(F)F)c2cc(Br)sc2c1. The quantitative estimate of drug-likeness (QED) is 0.694. The zero-order chi connectivity index (χ0) is 10.3. The molecule has 2 aromatic rings. The van der Waals surface area contributed by atoms with Crippen molar-refractivity contribution in [2.75, 3.05) is 0 Å². The molecule has 1 aromatic heterocycles. The van der Waals surface area contributed by atoms with Crippen LogP contribution in [0.5, 0.6) is 0 Å². The van der Waals surface area contributed by atoms with Gasteiger partial charge in [-0.2, -0.15) is 0 Å². The number of benzene rings is 1. The Hall–Kier alpha value is -0.480. The fraction of sp³-hybridized carbons (Fsp3) is 0.200. The van der Waals surface area contributed by atoms with E-state index in [0.29, 0.717) is 5.39 Å². The predicted octanol–water partition coefficient (Wildman–Crippen LogP) is 4.91. The summed E-state index contributed by atoms with van der Waals surface area (Å²) < 4.78 is 27.1. The first-order chi connectivity index (χ1) is 6.58. The molecule has 1 aromatic carbocycles. The van der Waals surface area contributed by atoms with Gasteiger partial charge < -0.3 is 0 Å². The highest BCUT2D eigenvalue weighted by molar-refractivity contribution is 9.11. The van der Waals surface area contributed by atoms with Crippen LogP contribution in [0.25, 0.3) is 10.1 Å². The molecule has 0 aliphatic carbocycles. The van der Waals surface area contributed by atoms with Gasteiger partial charge in [0.15, 0.2) is 0 Å². The molecule has 0 bridgehead atoms. The number of aryl methyl sites for hydroxylation is 1. The fourth-order valence-corrected chi connectivity index (χ4v) is 3.13. The van der Waals surface area contributed by atoms with Crippen LogP contribution in [0.4, 0.5) is 8.78 Å². The first-order valence-corrected chi connectivity index (χ1v) is 5.66. The topological polar surface area (TPSA) is 0 Å². The van der Waals surface area contributed by atoms with Crippen molar-refractivity contribution in [3.8, 4) is 0 Å². The van der Waals surface area contributed by atoms with Gasteiger partial charge in [-0.1, -0.05) is 0 Å². The Morgan fingerprint density at radius 1 is 1.29 bits per heavy atom. The van der Waals surface area contributed by atoms with Crippen LogP contribution in [-0.4, -0.2) is 0 Å². The van der Waals surface area contributed by atoms with Gasteiger partial charge in [-0.25, -0.2) is 8.78 Å². The zero-order valence-electron chi connectivity index (χ0n) is 7.35. The highest BCUT2D eigenvalue weighted by atomic mass is 79.9. The third-order valence-corrected chi connectivity index (χ3v) is 3.60. The van der Waals surface area contributed by atoms with Crippen LogP contribution in [0.3, 0.4) is 0 Å². The minimum absolute atomic E-state index is 0.127. The van der Waals surface area contributed by atoms with Crippen LogP contribution in [0.15, 0.2) is 22.0 Å². The monoisotopic (exact) mass is 276 g/mol. The van der Waals surface area contributed by atoms with Crippen molar-refractivity contribution < 1.29 is 8.78 Å². The van der Waals surface area contributed by atoms with E-state index in [2.05, 4.69) is 15.9 Å². The molecule has 2 rings (SSSR count). The first kappa shape index (κ1) is 10.1. The number of hydrogen-bond acceptors (Lipinski definition) is 1. The van der Waals surface area contributed by atoms with Gasteiger partial charge in [-0.05, 0) is 46.6 Å². The number of fused-ring (bicyclic) bond motifs is 1. The molecule has 0 saturated carbocycles. The number of alkyl halides is 2. The average molecular weight is 277 g/mol. The number of thiophene rings is 1. The molecule has 0 radical (unpaired) electrons. The van der Waals surface area contributed by atoms with Crippen LogP contribution in [0.2, 0.25) is 0 Å². The van der Waals surface area contributed by atoms with Crippen molar-refractivity contribution in [2.45, 2.75) is 13.3 Å². The molecule has 14 heavy (non-hydrogen) atoms. The lowest BCUT2D eigenvalue weighted by Gasteiger charge is -2.03. The van der Waals surface area contributed by atoms with Crippen molar-refractivity contribution in [3.63, 3.8) is 0 Å². The lowest BCUT2D eigenvalue weighted by Crippen LogP contribution is -1.85. The Kier molecular flexibility index (Phi) is 2.58. The highest BCUT2D eigenvalue weighted by Gasteiger charge is 2.13. The van der Waals surface area contributed by atoms with Crippen molar-refractivity contribution in [3.05, 3.63) is 33.1 Å². The predicted molar refractivity (Wildman–Crippen MR) is 59.2 cm³/mol.